The SMILES string of the molecule is CC(=O)Nc1cccc(NC(=O)Cn2c(=O)n(Cc3cccc(Cl)c3)c(=O)c3ccccc32)c1. The summed E-state index contributed by atoms with van der Waals surface area (Å²) in [5.74, 6) is -0.691. The molecule has 0 aliphatic carbocycles. The molecule has 0 aliphatic rings. The number of benzene rings is 3. The van der Waals surface area contributed by atoms with Crippen LogP contribution in [0.4, 0.5) is 11.4 Å². The van der Waals surface area contributed by atoms with Crippen LogP contribution in [0.5, 0.6) is 0 Å². The first-order chi connectivity index (χ1) is 16.3. The van der Waals surface area contributed by atoms with Crippen LogP contribution >= 0.6 is 11.6 Å². The van der Waals surface area contributed by atoms with Crippen molar-refractivity contribution in [2.75, 3.05) is 10.6 Å². The number of halogens is 1. The fourth-order valence-corrected chi connectivity index (χ4v) is 3.92. The van der Waals surface area contributed by atoms with Crippen LogP contribution in [0.3, 0.4) is 0 Å². The number of hydrogen-bond donors (Lipinski definition) is 2. The second-order valence-electron chi connectivity index (χ2n) is 7.72. The van der Waals surface area contributed by atoms with Gasteiger partial charge in [0.1, 0.15) is 6.54 Å². The Labute approximate surface area is 199 Å². The summed E-state index contributed by atoms with van der Waals surface area (Å²) in [6, 6.07) is 20.2. The second kappa shape index (κ2) is 9.76. The molecular weight excluding hydrogens is 456 g/mol. The van der Waals surface area contributed by atoms with Gasteiger partial charge in [-0.3, -0.25) is 23.5 Å². The lowest BCUT2D eigenvalue weighted by Gasteiger charge is -2.14. The molecule has 0 spiro atoms. The van der Waals surface area contributed by atoms with Crippen molar-refractivity contribution in [1.82, 2.24) is 9.13 Å². The molecule has 8 nitrogen and oxygen atoms in total. The Morgan fingerprint density at radius 1 is 0.853 bits per heavy atom. The topological polar surface area (TPSA) is 102 Å². The maximum atomic E-state index is 13.3. The largest absolute Gasteiger partial charge is 0.332 e. The first kappa shape index (κ1) is 23.0. The number of rotatable bonds is 6. The van der Waals surface area contributed by atoms with Crippen molar-refractivity contribution in [1.29, 1.82) is 0 Å². The molecule has 0 saturated carbocycles. The number of fused-ring (bicyclic) bond motifs is 1. The van der Waals surface area contributed by atoms with Crippen LogP contribution in [0.15, 0.2) is 82.4 Å². The average Bonchev–Trinajstić information content (AvgIpc) is 2.79. The van der Waals surface area contributed by atoms with Gasteiger partial charge in [-0.15, -0.1) is 0 Å². The van der Waals surface area contributed by atoms with E-state index < -0.39 is 17.2 Å². The predicted molar refractivity (Wildman–Crippen MR) is 132 cm³/mol. The standard InChI is InChI=1S/C25H21ClN4O4/c1-16(31)27-19-8-5-9-20(13-19)28-23(32)15-29-22-11-3-2-10-21(22)24(33)30(25(29)34)14-17-6-4-7-18(26)12-17/h2-13H,14-15H2,1H3,(H,27,31)(H,28,32). The Bertz CT molecular complexity index is 1520. The van der Waals surface area contributed by atoms with Gasteiger partial charge in [0, 0.05) is 23.3 Å². The zero-order valence-corrected chi connectivity index (χ0v) is 19.0. The van der Waals surface area contributed by atoms with E-state index in [2.05, 4.69) is 10.6 Å². The molecule has 2 N–H and O–H groups in total. The number of carbonyl (C=O) groups is 2. The molecule has 3 aromatic carbocycles. The van der Waals surface area contributed by atoms with Gasteiger partial charge in [-0.1, -0.05) is 41.9 Å². The number of anilines is 2. The van der Waals surface area contributed by atoms with Crippen LogP contribution in [0.2, 0.25) is 5.02 Å². The van der Waals surface area contributed by atoms with Gasteiger partial charge < -0.3 is 10.6 Å². The monoisotopic (exact) mass is 476 g/mol. The van der Waals surface area contributed by atoms with Gasteiger partial charge in [0.2, 0.25) is 11.8 Å². The number of para-hydroxylation sites is 1. The van der Waals surface area contributed by atoms with Crippen molar-refractivity contribution in [3.8, 4) is 0 Å². The molecule has 172 valence electrons. The number of amides is 2. The Morgan fingerprint density at radius 3 is 2.29 bits per heavy atom. The normalized spacial score (nSPS) is 10.8. The number of nitrogens with zero attached hydrogens (tertiary/aromatic N) is 2. The van der Waals surface area contributed by atoms with Gasteiger partial charge in [0.05, 0.1) is 17.4 Å². The van der Waals surface area contributed by atoms with Crippen LogP contribution in [-0.4, -0.2) is 20.9 Å². The molecule has 4 rings (SSSR count). The highest BCUT2D eigenvalue weighted by Crippen LogP contribution is 2.16. The van der Waals surface area contributed by atoms with Gasteiger partial charge >= 0.3 is 5.69 Å². The van der Waals surface area contributed by atoms with E-state index in [0.29, 0.717) is 32.9 Å². The van der Waals surface area contributed by atoms with Crippen LogP contribution < -0.4 is 21.9 Å². The molecule has 0 radical (unpaired) electrons. The Morgan fingerprint density at radius 2 is 1.56 bits per heavy atom. The highest BCUT2D eigenvalue weighted by molar-refractivity contribution is 6.30. The van der Waals surface area contributed by atoms with Crippen LogP contribution in [0.1, 0.15) is 12.5 Å². The summed E-state index contributed by atoms with van der Waals surface area (Å²) < 4.78 is 2.37. The summed E-state index contributed by atoms with van der Waals surface area (Å²) in [6.45, 7) is 1.10. The quantitative estimate of drug-likeness (QED) is 0.445. The van der Waals surface area contributed by atoms with Crippen molar-refractivity contribution in [3.05, 3.63) is 104 Å². The van der Waals surface area contributed by atoms with Crippen molar-refractivity contribution >= 4 is 45.7 Å². The molecule has 0 aliphatic heterocycles. The molecule has 0 saturated heterocycles. The summed E-state index contributed by atoms with van der Waals surface area (Å²) in [5.41, 5.74) is 0.990. The van der Waals surface area contributed by atoms with Crippen molar-refractivity contribution in [2.45, 2.75) is 20.0 Å². The number of nitrogens with one attached hydrogen (secondary N) is 2. The summed E-state index contributed by atoms with van der Waals surface area (Å²) >= 11 is 6.05. The molecule has 34 heavy (non-hydrogen) atoms. The first-order valence-electron chi connectivity index (χ1n) is 10.5. The number of hydrogen-bond acceptors (Lipinski definition) is 4. The van der Waals surface area contributed by atoms with Gasteiger partial charge in [0.15, 0.2) is 0 Å². The number of aromatic nitrogens is 2. The summed E-state index contributed by atoms with van der Waals surface area (Å²) in [5, 5.41) is 6.20. The van der Waals surface area contributed by atoms with E-state index in [9.17, 15) is 19.2 Å². The minimum absolute atomic E-state index is 0.0173. The fraction of sp³-hybridized carbons (Fsp3) is 0.120. The van der Waals surface area contributed by atoms with Crippen LogP contribution in [-0.2, 0) is 22.7 Å². The van der Waals surface area contributed by atoms with Crippen molar-refractivity contribution in [3.63, 3.8) is 0 Å². The van der Waals surface area contributed by atoms with Crippen molar-refractivity contribution in [2.24, 2.45) is 0 Å². The molecule has 1 heterocycles. The zero-order chi connectivity index (χ0) is 24.2. The average molecular weight is 477 g/mol. The minimum Gasteiger partial charge on any atom is -0.326 e. The van der Waals surface area contributed by atoms with Gasteiger partial charge in [-0.25, -0.2) is 4.79 Å². The van der Waals surface area contributed by atoms with E-state index in [1.165, 1.54) is 11.5 Å². The van der Waals surface area contributed by atoms with E-state index in [0.717, 1.165) is 4.57 Å². The van der Waals surface area contributed by atoms with E-state index in [4.69, 9.17) is 11.6 Å². The lowest BCUT2D eigenvalue weighted by atomic mass is 10.2. The van der Waals surface area contributed by atoms with E-state index >= 15 is 0 Å². The Balaban J connectivity index is 1.69. The van der Waals surface area contributed by atoms with Crippen LogP contribution in [0, 0.1) is 0 Å². The van der Waals surface area contributed by atoms with E-state index in [1.54, 1.807) is 72.8 Å². The molecule has 0 bridgehead atoms. The third-order valence-corrected chi connectivity index (χ3v) is 5.37. The minimum atomic E-state index is -0.606. The molecular formula is C25H21ClN4O4. The first-order valence-corrected chi connectivity index (χ1v) is 10.8. The lowest BCUT2D eigenvalue weighted by molar-refractivity contribution is -0.117. The lowest BCUT2D eigenvalue weighted by Crippen LogP contribution is -2.42. The smallest absolute Gasteiger partial charge is 0.326 e. The molecule has 0 atom stereocenters. The maximum Gasteiger partial charge on any atom is 0.332 e. The summed E-state index contributed by atoms with van der Waals surface area (Å²) in [6.07, 6.45) is 0. The van der Waals surface area contributed by atoms with Gasteiger partial charge in [-0.05, 0) is 48.0 Å². The molecule has 9 heteroatoms. The highest BCUT2D eigenvalue weighted by atomic mass is 35.5. The van der Waals surface area contributed by atoms with E-state index in [-0.39, 0.29) is 19.0 Å². The summed E-state index contributed by atoms with van der Waals surface area (Å²) in [7, 11) is 0. The van der Waals surface area contributed by atoms with Crippen LogP contribution in [0.25, 0.3) is 10.9 Å². The predicted octanol–water partition coefficient (Wildman–Crippen LogP) is 3.46. The third kappa shape index (κ3) is 5.07. The van der Waals surface area contributed by atoms with Gasteiger partial charge in [0.25, 0.3) is 5.56 Å². The number of carbonyl (C=O) groups excluding carboxylic acids is 2. The van der Waals surface area contributed by atoms with Crippen molar-refractivity contribution < 1.29 is 9.59 Å². The second-order valence-corrected chi connectivity index (χ2v) is 8.15. The Kier molecular flexibility index (Phi) is 6.60. The summed E-state index contributed by atoms with van der Waals surface area (Å²) in [4.78, 5) is 50.5. The molecule has 4 aromatic rings. The maximum absolute atomic E-state index is 13.3. The van der Waals surface area contributed by atoms with Gasteiger partial charge in [-0.2, -0.15) is 0 Å². The fourth-order valence-electron chi connectivity index (χ4n) is 3.70. The molecule has 2 amide bonds. The van der Waals surface area contributed by atoms with E-state index in [1.807, 2.05) is 0 Å². The highest BCUT2D eigenvalue weighted by Gasteiger charge is 2.16. The molecule has 1 aromatic heterocycles. The Hall–Kier alpha value is -4.17. The zero-order valence-electron chi connectivity index (χ0n) is 18.2. The molecule has 0 fully saturated rings. The third-order valence-electron chi connectivity index (χ3n) is 5.13. The molecule has 0 unspecified atom stereocenters.